The van der Waals surface area contributed by atoms with Gasteiger partial charge in [0.25, 0.3) is 5.91 Å². The van der Waals surface area contributed by atoms with Crippen LogP contribution in [-0.4, -0.2) is 18.0 Å². The van der Waals surface area contributed by atoms with Gasteiger partial charge in [0, 0.05) is 16.7 Å². The third kappa shape index (κ3) is 5.39. The molecule has 0 heterocycles. The van der Waals surface area contributed by atoms with Gasteiger partial charge in [-0.25, -0.2) is 13.6 Å². The van der Waals surface area contributed by atoms with Crippen LogP contribution in [0.3, 0.4) is 0 Å². The summed E-state index contributed by atoms with van der Waals surface area (Å²) in [5.41, 5.74) is 0.124. The molecular formula is C18H14ClF2NO3. The van der Waals surface area contributed by atoms with E-state index in [1.165, 1.54) is 43.3 Å². The van der Waals surface area contributed by atoms with Crippen LogP contribution in [-0.2, 0) is 14.3 Å². The van der Waals surface area contributed by atoms with Crippen LogP contribution >= 0.6 is 11.6 Å². The molecule has 0 radical (unpaired) electrons. The normalized spacial score (nSPS) is 12.0. The molecular weight excluding hydrogens is 352 g/mol. The van der Waals surface area contributed by atoms with Crippen molar-refractivity contribution >= 4 is 35.2 Å². The number of halogens is 3. The highest BCUT2D eigenvalue weighted by Crippen LogP contribution is 2.19. The van der Waals surface area contributed by atoms with Crippen molar-refractivity contribution in [2.24, 2.45) is 0 Å². The lowest BCUT2D eigenvalue weighted by Gasteiger charge is -2.13. The van der Waals surface area contributed by atoms with E-state index in [0.717, 1.165) is 12.1 Å². The molecule has 0 spiro atoms. The zero-order chi connectivity index (χ0) is 18.4. The number of amides is 1. The van der Waals surface area contributed by atoms with Gasteiger partial charge in [0.2, 0.25) is 0 Å². The van der Waals surface area contributed by atoms with Crippen molar-refractivity contribution in [1.82, 2.24) is 0 Å². The molecule has 0 saturated carbocycles. The number of nitrogens with one attached hydrogen (secondary N) is 1. The van der Waals surface area contributed by atoms with E-state index in [2.05, 4.69) is 5.32 Å². The Hall–Kier alpha value is -2.73. The van der Waals surface area contributed by atoms with Gasteiger partial charge in [-0.15, -0.1) is 0 Å². The van der Waals surface area contributed by atoms with Gasteiger partial charge < -0.3 is 10.1 Å². The molecule has 0 fully saturated rings. The number of esters is 1. The smallest absolute Gasteiger partial charge is 0.331 e. The number of rotatable bonds is 5. The maximum Gasteiger partial charge on any atom is 0.331 e. The summed E-state index contributed by atoms with van der Waals surface area (Å²) in [6.07, 6.45) is 1.07. The predicted molar refractivity (Wildman–Crippen MR) is 91.0 cm³/mol. The Morgan fingerprint density at radius 2 is 1.88 bits per heavy atom. The van der Waals surface area contributed by atoms with Crippen LogP contribution in [0.25, 0.3) is 6.08 Å². The lowest BCUT2D eigenvalue weighted by Crippen LogP contribution is -2.29. The molecule has 4 nitrogen and oxygen atoms in total. The number of ether oxygens (including phenoxy) is 1. The number of carbonyl (C=O) groups excluding carboxylic acids is 2. The van der Waals surface area contributed by atoms with Gasteiger partial charge in [-0.1, -0.05) is 29.8 Å². The monoisotopic (exact) mass is 365 g/mol. The summed E-state index contributed by atoms with van der Waals surface area (Å²) < 4.78 is 32.0. The van der Waals surface area contributed by atoms with Gasteiger partial charge in [0.05, 0.1) is 5.69 Å². The second-order valence-corrected chi connectivity index (χ2v) is 5.48. The van der Waals surface area contributed by atoms with Gasteiger partial charge >= 0.3 is 5.97 Å². The summed E-state index contributed by atoms with van der Waals surface area (Å²) in [5, 5.41) is 2.48. The van der Waals surface area contributed by atoms with Crippen LogP contribution in [0.2, 0.25) is 5.02 Å². The Bertz CT molecular complexity index is 824. The van der Waals surface area contributed by atoms with E-state index in [1.54, 1.807) is 6.07 Å². The van der Waals surface area contributed by atoms with Crippen LogP contribution in [0.4, 0.5) is 14.5 Å². The molecule has 0 unspecified atom stereocenters. The molecule has 0 aromatic heterocycles. The Morgan fingerprint density at radius 3 is 2.56 bits per heavy atom. The van der Waals surface area contributed by atoms with Crippen molar-refractivity contribution in [2.75, 3.05) is 5.32 Å². The molecule has 1 atom stereocenters. The second-order valence-electron chi connectivity index (χ2n) is 5.05. The van der Waals surface area contributed by atoms with Crippen LogP contribution in [0.15, 0.2) is 48.5 Å². The third-order valence-electron chi connectivity index (χ3n) is 3.16. The van der Waals surface area contributed by atoms with E-state index in [0.29, 0.717) is 0 Å². The fourth-order valence-electron chi connectivity index (χ4n) is 1.86. The molecule has 0 aliphatic rings. The van der Waals surface area contributed by atoms with E-state index in [-0.39, 0.29) is 16.3 Å². The summed E-state index contributed by atoms with van der Waals surface area (Å²) in [6.45, 7) is 1.33. The molecule has 0 bridgehead atoms. The highest BCUT2D eigenvalue weighted by atomic mass is 35.5. The predicted octanol–water partition coefficient (Wildman–Crippen LogP) is 4.20. The van der Waals surface area contributed by atoms with Gasteiger partial charge in [-0.3, -0.25) is 4.79 Å². The van der Waals surface area contributed by atoms with Crippen molar-refractivity contribution in [3.05, 3.63) is 70.8 Å². The summed E-state index contributed by atoms with van der Waals surface area (Å²) in [4.78, 5) is 23.6. The van der Waals surface area contributed by atoms with Gasteiger partial charge in [-0.05, 0) is 37.3 Å². The summed E-state index contributed by atoms with van der Waals surface area (Å²) in [7, 11) is 0. The first kappa shape index (κ1) is 18.6. The number of hydrogen-bond donors (Lipinski definition) is 1. The standard InChI is InChI=1S/C18H14ClF2NO3/c1-11(18(24)22-16-8-7-13(19)10-15(16)21)25-17(23)9-6-12-4-2-3-5-14(12)20/h2-11H,1H3,(H,22,24)/b9-6+/t11-/m0/s1. The molecule has 2 aromatic carbocycles. The minimum Gasteiger partial charge on any atom is -0.449 e. The molecule has 2 rings (SSSR count). The molecule has 1 N–H and O–H groups in total. The zero-order valence-corrected chi connectivity index (χ0v) is 13.9. The van der Waals surface area contributed by atoms with E-state index in [9.17, 15) is 18.4 Å². The molecule has 0 aliphatic heterocycles. The second kappa shape index (κ2) is 8.39. The minimum atomic E-state index is -1.17. The topological polar surface area (TPSA) is 55.4 Å². The summed E-state index contributed by atoms with van der Waals surface area (Å²) >= 11 is 5.62. The third-order valence-corrected chi connectivity index (χ3v) is 3.39. The van der Waals surface area contributed by atoms with Crippen molar-refractivity contribution in [3.63, 3.8) is 0 Å². The molecule has 2 aromatic rings. The van der Waals surface area contributed by atoms with Gasteiger partial charge in [-0.2, -0.15) is 0 Å². The van der Waals surface area contributed by atoms with Crippen LogP contribution in [0.5, 0.6) is 0 Å². The SMILES string of the molecule is C[C@H](OC(=O)/C=C/c1ccccc1F)C(=O)Nc1ccc(Cl)cc1F. The van der Waals surface area contributed by atoms with Gasteiger partial charge in [0.15, 0.2) is 6.10 Å². The number of hydrogen-bond acceptors (Lipinski definition) is 3. The molecule has 0 aliphatic carbocycles. The van der Waals surface area contributed by atoms with E-state index in [1.807, 2.05) is 0 Å². The maximum absolute atomic E-state index is 13.6. The summed E-state index contributed by atoms with van der Waals surface area (Å²) in [5.74, 6) is -2.74. The van der Waals surface area contributed by atoms with Crippen LogP contribution in [0.1, 0.15) is 12.5 Å². The van der Waals surface area contributed by atoms with Crippen molar-refractivity contribution in [3.8, 4) is 0 Å². The molecule has 0 saturated heterocycles. The Kier molecular flexibility index (Phi) is 6.25. The first-order chi connectivity index (χ1) is 11.9. The lowest BCUT2D eigenvalue weighted by molar-refractivity contribution is -0.148. The maximum atomic E-state index is 13.6. The zero-order valence-electron chi connectivity index (χ0n) is 13.1. The number of anilines is 1. The van der Waals surface area contributed by atoms with Crippen molar-refractivity contribution in [1.29, 1.82) is 0 Å². The van der Waals surface area contributed by atoms with Gasteiger partial charge in [0.1, 0.15) is 11.6 Å². The fraction of sp³-hybridized carbons (Fsp3) is 0.111. The van der Waals surface area contributed by atoms with E-state index in [4.69, 9.17) is 16.3 Å². The first-order valence-electron chi connectivity index (χ1n) is 7.26. The van der Waals surface area contributed by atoms with E-state index >= 15 is 0 Å². The van der Waals surface area contributed by atoms with Crippen LogP contribution in [0, 0.1) is 11.6 Å². The van der Waals surface area contributed by atoms with Crippen LogP contribution < -0.4 is 5.32 Å². The van der Waals surface area contributed by atoms with Crippen molar-refractivity contribution in [2.45, 2.75) is 13.0 Å². The average Bonchev–Trinajstić information content (AvgIpc) is 2.56. The average molecular weight is 366 g/mol. The quantitative estimate of drug-likeness (QED) is 0.638. The number of carbonyl (C=O) groups is 2. The Morgan fingerprint density at radius 1 is 1.16 bits per heavy atom. The number of benzene rings is 2. The minimum absolute atomic E-state index is 0.0841. The molecule has 130 valence electrons. The Balaban J connectivity index is 1.94. The largest absolute Gasteiger partial charge is 0.449 e. The lowest BCUT2D eigenvalue weighted by atomic mass is 10.2. The molecule has 1 amide bonds. The van der Waals surface area contributed by atoms with E-state index < -0.39 is 29.6 Å². The highest BCUT2D eigenvalue weighted by molar-refractivity contribution is 6.30. The molecule has 7 heteroatoms. The van der Waals surface area contributed by atoms with Crippen molar-refractivity contribution < 1.29 is 23.1 Å². The Labute approximate surface area is 148 Å². The first-order valence-corrected chi connectivity index (χ1v) is 7.64. The summed E-state index contributed by atoms with van der Waals surface area (Å²) in [6, 6.07) is 9.62. The fourth-order valence-corrected chi connectivity index (χ4v) is 2.02. The molecule has 25 heavy (non-hydrogen) atoms. The highest BCUT2D eigenvalue weighted by Gasteiger charge is 2.18.